The maximum Gasteiger partial charge on any atom is 0.256 e. The number of nitrogens with zero attached hydrogens (tertiary/aromatic N) is 2. The summed E-state index contributed by atoms with van der Waals surface area (Å²) in [5.41, 5.74) is 0.354. The second-order valence-corrected chi connectivity index (χ2v) is 5.26. The Morgan fingerprint density at radius 2 is 2.28 bits per heavy atom. The molecule has 1 aliphatic heterocycles. The van der Waals surface area contributed by atoms with E-state index in [1.165, 1.54) is 0 Å². The zero-order valence-electron chi connectivity index (χ0n) is 9.94. The number of hydrogen-bond acceptors (Lipinski definition) is 3. The second kappa shape index (κ2) is 5.43. The molecule has 0 radical (unpaired) electrons. The number of hydrogen-bond donors (Lipinski definition) is 1. The van der Waals surface area contributed by atoms with Gasteiger partial charge in [0.2, 0.25) is 0 Å². The minimum absolute atomic E-state index is 0.119. The van der Waals surface area contributed by atoms with Crippen LogP contribution in [0.4, 0.5) is 0 Å². The Kier molecular flexibility index (Phi) is 4.10. The smallest absolute Gasteiger partial charge is 0.256 e. The number of likely N-dealkylation sites (tertiary alicyclic amines) is 1. The first kappa shape index (κ1) is 13.6. The van der Waals surface area contributed by atoms with Crippen LogP contribution in [-0.4, -0.2) is 40.1 Å². The van der Waals surface area contributed by atoms with Gasteiger partial charge in [-0.05, 0) is 25.5 Å². The van der Waals surface area contributed by atoms with Gasteiger partial charge < -0.3 is 10.0 Å². The van der Waals surface area contributed by atoms with Crippen molar-refractivity contribution in [3.05, 3.63) is 28.0 Å². The van der Waals surface area contributed by atoms with Crippen LogP contribution in [0.1, 0.15) is 23.7 Å². The van der Waals surface area contributed by atoms with Gasteiger partial charge >= 0.3 is 0 Å². The lowest BCUT2D eigenvalue weighted by molar-refractivity contribution is 0.0762. The third kappa shape index (κ3) is 2.76. The molecule has 0 aliphatic carbocycles. The second-order valence-electron chi connectivity index (χ2n) is 4.51. The Labute approximate surface area is 116 Å². The summed E-state index contributed by atoms with van der Waals surface area (Å²) in [4.78, 5) is 17.8. The molecule has 2 rings (SSSR count). The topological polar surface area (TPSA) is 53.4 Å². The molecule has 4 nitrogen and oxygen atoms in total. The fourth-order valence-electron chi connectivity index (χ4n) is 2.11. The molecular formula is C12H14Cl2N2O2. The molecule has 1 N–H and O–H groups in total. The van der Waals surface area contributed by atoms with Gasteiger partial charge in [0.15, 0.2) is 0 Å². The van der Waals surface area contributed by atoms with Crippen LogP contribution in [0, 0.1) is 5.92 Å². The molecule has 98 valence electrons. The predicted molar refractivity (Wildman–Crippen MR) is 69.9 cm³/mol. The first-order chi connectivity index (χ1) is 8.49. The number of rotatable bonds is 2. The molecule has 2 atom stereocenters. The lowest BCUT2D eigenvalue weighted by atomic mass is 10.0. The van der Waals surface area contributed by atoms with Gasteiger partial charge in [-0.3, -0.25) is 4.79 Å². The predicted octanol–water partition coefficient (Wildman–Crippen LogP) is 2.23. The van der Waals surface area contributed by atoms with Crippen LogP contribution in [-0.2, 0) is 0 Å². The highest BCUT2D eigenvalue weighted by atomic mass is 35.5. The molecule has 18 heavy (non-hydrogen) atoms. The number of aliphatic hydroxyl groups excluding tert-OH is 1. The third-order valence-electron chi connectivity index (χ3n) is 3.24. The highest BCUT2D eigenvalue weighted by molar-refractivity contribution is 6.34. The highest BCUT2D eigenvalue weighted by Crippen LogP contribution is 2.24. The van der Waals surface area contributed by atoms with Gasteiger partial charge in [0, 0.05) is 19.0 Å². The summed E-state index contributed by atoms with van der Waals surface area (Å²) in [6.45, 7) is 2.93. The first-order valence-electron chi connectivity index (χ1n) is 5.78. The van der Waals surface area contributed by atoms with E-state index < -0.39 is 6.10 Å². The van der Waals surface area contributed by atoms with Crippen LogP contribution in [0.2, 0.25) is 10.3 Å². The van der Waals surface area contributed by atoms with E-state index in [0.717, 1.165) is 6.42 Å². The zero-order valence-corrected chi connectivity index (χ0v) is 11.4. The summed E-state index contributed by atoms with van der Waals surface area (Å²) in [6.07, 6.45) is 0.406. The molecule has 2 heterocycles. The quantitative estimate of drug-likeness (QED) is 0.849. The van der Waals surface area contributed by atoms with E-state index >= 15 is 0 Å². The number of pyridine rings is 1. The summed E-state index contributed by atoms with van der Waals surface area (Å²) in [5.74, 6) is -0.0275. The summed E-state index contributed by atoms with van der Waals surface area (Å²) < 4.78 is 0. The van der Waals surface area contributed by atoms with Crippen LogP contribution in [0.25, 0.3) is 0 Å². The minimum atomic E-state index is -0.401. The SMILES string of the molecule is CC(O)C1CCN(C(=O)c2ccc(Cl)nc2Cl)C1. The van der Waals surface area contributed by atoms with E-state index in [4.69, 9.17) is 23.2 Å². The van der Waals surface area contributed by atoms with Gasteiger partial charge in [0.25, 0.3) is 5.91 Å². The minimum Gasteiger partial charge on any atom is -0.393 e. The zero-order chi connectivity index (χ0) is 13.3. The van der Waals surface area contributed by atoms with E-state index in [-0.39, 0.29) is 22.1 Å². The molecule has 0 aromatic carbocycles. The van der Waals surface area contributed by atoms with Crippen molar-refractivity contribution in [1.82, 2.24) is 9.88 Å². The van der Waals surface area contributed by atoms with Gasteiger partial charge in [-0.1, -0.05) is 23.2 Å². The third-order valence-corrected chi connectivity index (χ3v) is 3.74. The van der Waals surface area contributed by atoms with Crippen molar-refractivity contribution in [2.75, 3.05) is 13.1 Å². The van der Waals surface area contributed by atoms with Crippen molar-refractivity contribution < 1.29 is 9.90 Å². The van der Waals surface area contributed by atoms with E-state index in [1.807, 2.05) is 0 Å². The lowest BCUT2D eigenvalue weighted by Crippen LogP contribution is -2.30. The molecular weight excluding hydrogens is 275 g/mol. The molecule has 1 fully saturated rings. The van der Waals surface area contributed by atoms with Crippen LogP contribution in [0.15, 0.2) is 12.1 Å². The van der Waals surface area contributed by atoms with Crippen LogP contribution >= 0.6 is 23.2 Å². The molecule has 1 saturated heterocycles. The Balaban J connectivity index is 2.13. The van der Waals surface area contributed by atoms with E-state index in [2.05, 4.69) is 4.98 Å². The van der Waals surface area contributed by atoms with Gasteiger partial charge in [0.05, 0.1) is 11.7 Å². The van der Waals surface area contributed by atoms with Crippen molar-refractivity contribution >= 4 is 29.1 Å². The van der Waals surface area contributed by atoms with Crippen molar-refractivity contribution in [3.63, 3.8) is 0 Å². The normalized spacial score (nSPS) is 21.1. The van der Waals surface area contributed by atoms with Crippen molar-refractivity contribution in [2.24, 2.45) is 5.92 Å². The fourth-order valence-corrected chi connectivity index (χ4v) is 2.53. The average Bonchev–Trinajstić information content (AvgIpc) is 2.77. The molecule has 0 saturated carbocycles. The Morgan fingerprint density at radius 3 is 2.83 bits per heavy atom. The summed E-state index contributed by atoms with van der Waals surface area (Å²) in [6, 6.07) is 3.12. The lowest BCUT2D eigenvalue weighted by Gasteiger charge is -2.18. The average molecular weight is 289 g/mol. The number of amides is 1. The number of carbonyl (C=O) groups is 1. The van der Waals surface area contributed by atoms with Gasteiger partial charge in [0.1, 0.15) is 10.3 Å². The number of aromatic nitrogens is 1. The van der Waals surface area contributed by atoms with Gasteiger partial charge in [-0.15, -0.1) is 0 Å². The summed E-state index contributed by atoms with van der Waals surface area (Å²) in [5, 5.41) is 9.90. The van der Waals surface area contributed by atoms with E-state index in [0.29, 0.717) is 18.7 Å². The molecule has 2 unspecified atom stereocenters. The Bertz CT molecular complexity index is 465. The van der Waals surface area contributed by atoms with Crippen molar-refractivity contribution in [3.8, 4) is 0 Å². The first-order valence-corrected chi connectivity index (χ1v) is 6.54. The van der Waals surface area contributed by atoms with Crippen LogP contribution in [0.5, 0.6) is 0 Å². The number of halogens is 2. The van der Waals surface area contributed by atoms with Gasteiger partial charge in [-0.25, -0.2) is 4.98 Å². The van der Waals surface area contributed by atoms with Crippen LogP contribution in [0.3, 0.4) is 0 Å². The maximum absolute atomic E-state index is 12.2. The van der Waals surface area contributed by atoms with E-state index in [1.54, 1.807) is 24.0 Å². The summed E-state index contributed by atoms with van der Waals surface area (Å²) in [7, 11) is 0. The van der Waals surface area contributed by atoms with E-state index in [9.17, 15) is 9.90 Å². The fraction of sp³-hybridized carbons (Fsp3) is 0.500. The molecule has 0 bridgehead atoms. The van der Waals surface area contributed by atoms with Crippen LogP contribution < -0.4 is 0 Å². The maximum atomic E-state index is 12.2. The monoisotopic (exact) mass is 288 g/mol. The molecule has 1 amide bonds. The Morgan fingerprint density at radius 1 is 1.56 bits per heavy atom. The molecule has 6 heteroatoms. The largest absolute Gasteiger partial charge is 0.393 e. The number of carbonyl (C=O) groups excluding carboxylic acids is 1. The van der Waals surface area contributed by atoms with Crippen molar-refractivity contribution in [1.29, 1.82) is 0 Å². The Hall–Kier alpha value is -0.840. The molecule has 1 aromatic heterocycles. The van der Waals surface area contributed by atoms with Crippen molar-refractivity contribution in [2.45, 2.75) is 19.4 Å². The highest BCUT2D eigenvalue weighted by Gasteiger charge is 2.30. The summed E-state index contributed by atoms with van der Waals surface area (Å²) >= 11 is 11.6. The molecule has 0 spiro atoms. The standard InChI is InChI=1S/C12H14Cl2N2O2/c1-7(17)8-4-5-16(6-8)12(18)9-2-3-10(13)15-11(9)14/h2-3,7-8,17H,4-6H2,1H3. The number of aliphatic hydroxyl groups is 1. The van der Waals surface area contributed by atoms with Gasteiger partial charge in [-0.2, -0.15) is 0 Å². The molecule has 1 aromatic rings. The molecule has 1 aliphatic rings.